The molecule has 1 fully saturated rings. The van der Waals surface area contributed by atoms with Gasteiger partial charge in [-0.3, -0.25) is 9.47 Å². The van der Waals surface area contributed by atoms with Gasteiger partial charge in [0.25, 0.3) is 0 Å². The number of aromatic nitrogens is 4. The molecule has 1 unspecified atom stereocenters. The smallest absolute Gasteiger partial charge is 0.414 e. The second-order valence-corrected chi connectivity index (χ2v) is 7.56. The van der Waals surface area contributed by atoms with Gasteiger partial charge in [-0.05, 0) is 23.1 Å². The number of benzene rings is 1. The Bertz CT molecular complexity index is 1250. The molecule has 0 saturated carbocycles. The monoisotopic (exact) mass is 472 g/mol. The molecule has 0 bridgehead atoms. The SMILES string of the molecule is O=C1O[C@H](CO)CN1c1ccc(-c2cnc(OC3COc4nc([N+](=O)[O-])cn4C3)nc2)c(F)c1. The minimum absolute atomic E-state index is 0.0299. The molecule has 2 aliphatic heterocycles. The number of aliphatic hydroxyl groups is 1. The van der Waals surface area contributed by atoms with Crippen molar-refractivity contribution in [2.75, 3.05) is 24.7 Å². The Kier molecular flexibility index (Phi) is 5.41. The highest BCUT2D eigenvalue weighted by atomic mass is 19.1. The van der Waals surface area contributed by atoms with Gasteiger partial charge >= 0.3 is 23.9 Å². The molecule has 2 aliphatic rings. The molecule has 4 heterocycles. The quantitative estimate of drug-likeness (QED) is 0.412. The highest BCUT2D eigenvalue weighted by Gasteiger charge is 2.32. The summed E-state index contributed by atoms with van der Waals surface area (Å²) >= 11 is 0. The topological polar surface area (TPSA) is 155 Å². The molecule has 2 atom stereocenters. The van der Waals surface area contributed by atoms with Crippen molar-refractivity contribution in [3.05, 3.63) is 52.7 Å². The normalized spacial score (nSPS) is 19.4. The van der Waals surface area contributed by atoms with Crippen molar-refractivity contribution < 1.29 is 33.4 Å². The number of rotatable bonds is 6. The van der Waals surface area contributed by atoms with Gasteiger partial charge in [-0.2, -0.15) is 0 Å². The van der Waals surface area contributed by atoms with E-state index in [0.29, 0.717) is 11.3 Å². The molecule has 1 saturated heterocycles. The summed E-state index contributed by atoms with van der Waals surface area (Å²) in [4.78, 5) is 35.4. The van der Waals surface area contributed by atoms with Gasteiger partial charge in [0.05, 0.1) is 25.4 Å². The van der Waals surface area contributed by atoms with Crippen LogP contribution < -0.4 is 14.4 Å². The third-order valence-electron chi connectivity index (χ3n) is 5.27. The van der Waals surface area contributed by atoms with E-state index in [-0.39, 0.29) is 49.7 Å². The Morgan fingerprint density at radius 2 is 2.09 bits per heavy atom. The second kappa shape index (κ2) is 8.55. The summed E-state index contributed by atoms with van der Waals surface area (Å²) in [5.41, 5.74) is 0.915. The maximum Gasteiger partial charge on any atom is 0.414 e. The average Bonchev–Trinajstić information content (AvgIpc) is 3.43. The molecule has 0 radical (unpaired) electrons. The fourth-order valence-electron chi connectivity index (χ4n) is 3.63. The molecule has 34 heavy (non-hydrogen) atoms. The van der Waals surface area contributed by atoms with Crippen LogP contribution in [0.2, 0.25) is 0 Å². The van der Waals surface area contributed by atoms with Gasteiger partial charge in [0.15, 0.2) is 6.10 Å². The van der Waals surface area contributed by atoms with Crippen molar-refractivity contribution in [1.82, 2.24) is 19.5 Å². The van der Waals surface area contributed by atoms with E-state index in [0.717, 1.165) is 0 Å². The van der Waals surface area contributed by atoms with Crippen molar-refractivity contribution in [3.8, 4) is 23.1 Å². The first-order valence-corrected chi connectivity index (χ1v) is 10.1. The maximum atomic E-state index is 14.8. The van der Waals surface area contributed by atoms with Crippen LogP contribution in [0.3, 0.4) is 0 Å². The van der Waals surface area contributed by atoms with Crippen LogP contribution >= 0.6 is 0 Å². The highest BCUT2D eigenvalue weighted by Crippen LogP contribution is 2.29. The molecular formula is C20H17FN6O7. The average molecular weight is 472 g/mol. The summed E-state index contributed by atoms with van der Waals surface area (Å²) in [7, 11) is 0. The van der Waals surface area contributed by atoms with E-state index >= 15 is 0 Å². The zero-order chi connectivity index (χ0) is 23.8. The molecule has 1 aromatic carbocycles. The molecule has 0 aliphatic carbocycles. The minimum Gasteiger partial charge on any atom is -0.455 e. The Morgan fingerprint density at radius 1 is 1.29 bits per heavy atom. The number of hydrogen-bond donors (Lipinski definition) is 1. The molecule has 176 valence electrons. The molecule has 13 nitrogen and oxygen atoms in total. The van der Waals surface area contributed by atoms with Crippen LogP contribution in [0.1, 0.15) is 0 Å². The predicted octanol–water partition coefficient (Wildman–Crippen LogP) is 1.54. The number of carbonyl (C=O) groups is 1. The lowest BCUT2D eigenvalue weighted by Crippen LogP contribution is -2.34. The predicted molar refractivity (Wildman–Crippen MR) is 111 cm³/mol. The van der Waals surface area contributed by atoms with E-state index in [2.05, 4.69) is 15.0 Å². The summed E-state index contributed by atoms with van der Waals surface area (Å²) in [6, 6.07) is 4.41. The largest absolute Gasteiger partial charge is 0.455 e. The molecular weight excluding hydrogens is 455 g/mol. The van der Waals surface area contributed by atoms with Crippen LogP contribution in [0.25, 0.3) is 11.1 Å². The first-order valence-electron chi connectivity index (χ1n) is 10.1. The van der Waals surface area contributed by atoms with E-state index in [4.69, 9.17) is 19.3 Å². The lowest BCUT2D eigenvalue weighted by Gasteiger charge is -2.22. The van der Waals surface area contributed by atoms with Crippen molar-refractivity contribution in [2.24, 2.45) is 0 Å². The number of ether oxygens (including phenoxy) is 3. The number of imidazole rings is 1. The van der Waals surface area contributed by atoms with Crippen molar-refractivity contribution >= 4 is 17.6 Å². The summed E-state index contributed by atoms with van der Waals surface area (Å²) < 4.78 is 32.3. The zero-order valence-electron chi connectivity index (χ0n) is 17.4. The van der Waals surface area contributed by atoms with Crippen LogP contribution in [-0.2, 0) is 11.3 Å². The molecule has 5 rings (SSSR count). The van der Waals surface area contributed by atoms with Gasteiger partial charge in [0.2, 0.25) is 0 Å². The standard InChI is InChI=1S/C20H17FN6O7/c21-16-3-12(26-7-13(9-28)34-20(26)29)1-2-15(16)11-4-22-18(23-5-11)33-14-6-25-8-17(27(30)31)24-19(25)32-10-14/h1-5,8,13-14,28H,6-7,9-10H2/t13-,14?/m0/s1. The molecule has 0 spiro atoms. The fraction of sp³-hybridized carbons (Fsp3) is 0.300. The number of carbonyl (C=O) groups excluding carboxylic acids is 1. The number of amides is 1. The molecule has 14 heteroatoms. The molecule has 2 aromatic heterocycles. The lowest BCUT2D eigenvalue weighted by atomic mass is 10.1. The van der Waals surface area contributed by atoms with Gasteiger partial charge < -0.3 is 29.4 Å². The van der Waals surface area contributed by atoms with Gasteiger partial charge in [0, 0.05) is 28.5 Å². The number of cyclic esters (lactones) is 1. The van der Waals surface area contributed by atoms with Crippen LogP contribution in [0.15, 0.2) is 36.8 Å². The fourth-order valence-corrected chi connectivity index (χ4v) is 3.63. The second-order valence-electron chi connectivity index (χ2n) is 7.56. The van der Waals surface area contributed by atoms with Gasteiger partial charge in [-0.25, -0.2) is 19.2 Å². The van der Waals surface area contributed by atoms with E-state index in [9.17, 15) is 19.3 Å². The van der Waals surface area contributed by atoms with E-state index in [1.54, 1.807) is 6.07 Å². The Balaban J connectivity index is 1.26. The Labute approximate surface area is 190 Å². The van der Waals surface area contributed by atoms with E-state index in [1.165, 1.54) is 40.2 Å². The molecule has 1 N–H and O–H groups in total. The maximum absolute atomic E-state index is 14.8. The third-order valence-corrected chi connectivity index (χ3v) is 5.27. The Hall–Kier alpha value is -4.33. The van der Waals surface area contributed by atoms with Gasteiger partial charge in [-0.15, -0.1) is 0 Å². The van der Waals surface area contributed by atoms with Crippen LogP contribution in [0.4, 0.5) is 20.7 Å². The number of aliphatic hydroxyl groups excluding tert-OH is 1. The van der Waals surface area contributed by atoms with E-state index in [1.807, 2.05) is 0 Å². The van der Waals surface area contributed by atoms with Crippen molar-refractivity contribution in [3.63, 3.8) is 0 Å². The summed E-state index contributed by atoms with van der Waals surface area (Å²) in [5.74, 6) is -0.913. The number of nitrogens with zero attached hydrogens (tertiary/aromatic N) is 6. The summed E-state index contributed by atoms with van der Waals surface area (Å²) in [5, 5.41) is 20.0. The van der Waals surface area contributed by atoms with Crippen LogP contribution in [0, 0.1) is 15.9 Å². The van der Waals surface area contributed by atoms with Gasteiger partial charge in [-0.1, -0.05) is 0 Å². The number of nitro groups is 1. The van der Waals surface area contributed by atoms with Gasteiger partial charge in [0.1, 0.15) is 24.7 Å². The zero-order valence-corrected chi connectivity index (χ0v) is 17.4. The summed E-state index contributed by atoms with van der Waals surface area (Å²) in [6.07, 6.45) is 2.23. The van der Waals surface area contributed by atoms with Crippen LogP contribution in [0.5, 0.6) is 12.0 Å². The number of halogens is 1. The number of hydrogen-bond acceptors (Lipinski definition) is 10. The number of anilines is 1. The Morgan fingerprint density at radius 3 is 2.76 bits per heavy atom. The first kappa shape index (κ1) is 21.5. The minimum atomic E-state index is -0.653. The third kappa shape index (κ3) is 4.05. The van der Waals surface area contributed by atoms with Crippen LogP contribution in [-0.4, -0.2) is 67.6 Å². The van der Waals surface area contributed by atoms with E-state index < -0.39 is 29.0 Å². The molecule has 3 aromatic rings. The lowest BCUT2D eigenvalue weighted by molar-refractivity contribution is -0.389. The van der Waals surface area contributed by atoms with Crippen molar-refractivity contribution in [2.45, 2.75) is 18.8 Å². The highest BCUT2D eigenvalue weighted by molar-refractivity contribution is 5.90. The first-order chi connectivity index (χ1) is 16.4. The summed E-state index contributed by atoms with van der Waals surface area (Å²) in [6.45, 7) is 0.173. The number of fused-ring (bicyclic) bond motifs is 1. The molecule has 1 amide bonds. The van der Waals surface area contributed by atoms with Crippen molar-refractivity contribution in [1.29, 1.82) is 0 Å².